The van der Waals surface area contributed by atoms with Crippen LogP contribution in [0.4, 0.5) is 9.59 Å². The van der Waals surface area contributed by atoms with Gasteiger partial charge >= 0.3 is 12.1 Å². The first-order valence-electron chi connectivity index (χ1n) is 10.1. The molecule has 190 valence electrons. The number of rotatable bonds is 13. The highest BCUT2D eigenvalue weighted by atomic mass is 32.2. The van der Waals surface area contributed by atoms with Gasteiger partial charge in [0.05, 0.1) is 0 Å². The Balaban J connectivity index is 1.56. The van der Waals surface area contributed by atoms with Gasteiger partial charge in [-0.05, 0) is 37.1 Å². The molecule has 0 aliphatic rings. The van der Waals surface area contributed by atoms with Crippen molar-refractivity contribution >= 4 is 32.1 Å². The van der Waals surface area contributed by atoms with Gasteiger partial charge in [-0.1, -0.05) is 12.8 Å². The van der Waals surface area contributed by atoms with Crippen LogP contribution >= 0.6 is 0 Å². The lowest BCUT2D eigenvalue weighted by atomic mass is 10.2. The molecule has 2 rings (SSSR count). The SMILES string of the molecule is O=C(NCCCCCCNC(=O)NS(=O)(=O)c1ccc(CO)o1)NS(=O)(=O)c1ccc(CO)o1. The highest BCUT2D eigenvalue weighted by Gasteiger charge is 2.22. The van der Waals surface area contributed by atoms with Crippen LogP contribution in [0.5, 0.6) is 0 Å². The number of hydrogen-bond acceptors (Lipinski definition) is 10. The molecule has 0 radical (unpaired) electrons. The third kappa shape index (κ3) is 8.36. The van der Waals surface area contributed by atoms with E-state index in [1.165, 1.54) is 12.1 Å². The molecule has 0 fully saturated rings. The fraction of sp³-hybridized carbons (Fsp3) is 0.444. The van der Waals surface area contributed by atoms with Crippen LogP contribution in [0.1, 0.15) is 37.2 Å². The number of nitrogens with one attached hydrogen (secondary N) is 4. The van der Waals surface area contributed by atoms with Gasteiger partial charge in [-0.3, -0.25) is 0 Å². The zero-order valence-electron chi connectivity index (χ0n) is 17.9. The summed E-state index contributed by atoms with van der Waals surface area (Å²) in [5, 5.41) is 21.6. The van der Waals surface area contributed by atoms with Crippen molar-refractivity contribution in [2.45, 2.75) is 49.1 Å². The van der Waals surface area contributed by atoms with Crippen molar-refractivity contribution < 1.29 is 45.5 Å². The number of aliphatic hydroxyl groups excluding tert-OH is 2. The highest BCUT2D eigenvalue weighted by Crippen LogP contribution is 2.14. The minimum Gasteiger partial charge on any atom is -0.445 e. The Morgan fingerprint density at radius 2 is 1.06 bits per heavy atom. The van der Waals surface area contributed by atoms with Crippen molar-refractivity contribution in [3.05, 3.63) is 35.8 Å². The van der Waals surface area contributed by atoms with E-state index in [1.54, 1.807) is 9.44 Å². The molecule has 0 aliphatic heterocycles. The van der Waals surface area contributed by atoms with Gasteiger partial charge in [-0.2, -0.15) is 16.8 Å². The summed E-state index contributed by atoms with van der Waals surface area (Å²) < 4.78 is 61.3. The predicted octanol–water partition coefficient (Wildman–Crippen LogP) is 0.0936. The lowest BCUT2D eigenvalue weighted by molar-refractivity contribution is 0.235. The molecular weight excluding hydrogens is 496 g/mol. The van der Waals surface area contributed by atoms with Crippen LogP contribution < -0.4 is 20.1 Å². The Kier molecular flexibility index (Phi) is 9.91. The zero-order chi connectivity index (χ0) is 25.2. The predicted molar refractivity (Wildman–Crippen MR) is 115 cm³/mol. The third-order valence-corrected chi connectivity index (χ3v) is 6.65. The molecule has 6 N–H and O–H groups in total. The quantitative estimate of drug-likeness (QED) is 0.195. The Morgan fingerprint density at radius 1 is 0.676 bits per heavy atom. The minimum atomic E-state index is -4.19. The number of hydrogen-bond donors (Lipinski definition) is 6. The second kappa shape index (κ2) is 12.4. The molecule has 14 nitrogen and oxygen atoms in total. The van der Waals surface area contributed by atoms with Crippen LogP contribution in [-0.2, 0) is 33.3 Å². The summed E-state index contributed by atoms with van der Waals surface area (Å²) in [5.41, 5.74) is 0. The van der Waals surface area contributed by atoms with Gasteiger partial charge in [0.15, 0.2) is 0 Å². The molecule has 2 heterocycles. The van der Waals surface area contributed by atoms with E-state index >= 15 is 0 Å². The van der Waals surface area contributed by atoms with Crippen molar-refractivity contribution in [1.82, 2.24) is 20.1 Å². The normalized spacial score (nSPS) is 11.7. The van der Waals surface area contributed by atoms with Crippen molar-refractivity contribution in [3.63, 3.8) is 0 Å². The summed E-state index contributed by atoms with van der Waals surface area (Å²) in [4.78, 5) is 23.5. The van der Waals surface area contributed by atoms with E-state index in [-0.39, 0.29) is 24.6 Å². The maximum absolute atomic E-state index is 12.0. The summed E-state index contributed by atoms with van der Waals surface area (Å²) in [5.74, 6) is 0.0899. The number of sulfonamides is 2. The second-order valence-corrected chi connectivity index (χ2v) is 10.1. The summed E-state index contributed by atoms with van der Waals surface area (Å²) in [6.07, 6.45) is 2.39. The van der Waals surface area contributed by atoms with Gasteiger partial charge in [0.1, 0.15) is 24.7 Å². The van der Waals surface area contributed by atoms with Crippen LogP contribution in [0, 0.1) is 0 Å². The van der Waals surface area contributed by atoms with Crippen molar-refractivity contribution in [3.8, 4) is 0 Å². The average Bonchev–Trinajstić information content (AvgIpc) is 3.45. The van der Waals surface area contributed by atoms with E-state index in [9.17, 15) is 26.4 Å². The molecule has 0 atom stereocenters. The number of aliphatic hydroxyl groups is 2. The first-order chi connectivity index (χ1) is 16.1. The number of urea groups is 2. The molecule has 2 aromatic heterocycles. The Morgan fingerprint density at radius 3 is 1.38 bits per heavy atom. The maximum Gasteiger partial charge on any atom is 0.328 e. The van der Waals surface area contributed by atoms with E-state index in [0.717, 1.165) is 12.1 Å². The van der Waals surface area contributed by atoms with Crippen molar-refractivity contribution in [1.29, 1.82) is 0 Å². The smallest absolute Gasteiger partial charge is 0.328 e. The molecule has 16 heteroatoms. The Labute approximate surface area is 195 Å². The van der Waals surface area contributed by atoms with Crippen molar-refractivity contribution in [2.75, 3.05) is 13.1 Å². The summed E-state index contributed by atoms with van der Waals surface area (Å²) in [7, 11) is -8.38. The van der Waals surface area contributed by atoms with Gasteiger partial charge in [0, 0.05) is 13.1 Å². The van der Waals surface area contributed by atoms with E-state index in [1.807, 2.05) is 0 Å². The van der Waals surface area contributed by atoms with Crippen LogP contribution in [0.2, 0.25) is 0 Å². The van der Waals surface area contributed by atoms with Crippen molar-refractivity contribution in [2.24, 2.45) is 0 Å². The van der Waals surface area contributed by atoms with Crippen LogP contribution in [0.25, 0.3) is 0 Å². The van der Waals surface area contributed by atoms with Crippen LogP contribution in [0.3, 0.4) is 0 Å². The Bertz CT molecular complexity index is 1080. The fourth-order valence-electron chi connectivity index (χ4n) is 2.60. The minimum absolute atomic E-state index is 0.0449. The van der Waals surface area contributed by atoms with Crippen LogP contribution in [0.15, 0.2) is 43.3 Å². The highest BCUT2D eigenvalue weighted by molar-refractivity contribution is 7.90. The van der Waals surface area contributed by atoms with Gasteiger partial charge in [-0.25, -0.2) is 19.0 Å². The van der Waals surface area contributed by atoms with E-state index < -0.39 is 55.5 Å². The fourth-order valence-corrected chi connectivity index (χ4v) is 4.36. The average molecular weight is 523 g/mol. The first-order valence-corrected chi connectivity index (χ1v) is 13.0. The molecule has 0 saturated carbocycles. The van der Waals surface area contributed by atoms with Crippen LogP contribution in [-0.4, -0.2) is 52.2 Å². The molecule has 2 aromatic rings. The van der Waals surface area contributed by atoms with Gasteiger partial charge in [-0.15, -0.1) is 0 Å². The van der Waals surface area contributed by atoms with E-state index in [2.05, 4.69) is 10.6 Å². The molecule has 0 unspecified atom stereocenters. The molecule has 4 amide bonds. The molecule has 0 spiro atoms. The van der Waals surface area contributed by atoms with Gasteiger partial charge in [0.25, 0.3) is 20.0 Å². The van der Waals surface area contributed by atoms with Gasteiger partial charge < -0.3 is 29.7 Å². The standard InChI is InChI=1S/C18H26N4O10S2/c23-11-13-5-7-15(31-13)33(27,28)21-17(25)19-9-3-1-2-4-10-20-18(26)22-34(29,30)16-8-6-14(12-24)32-16/h5-8,23-24H,1-4,9-12H2,(H2,19,21,25)(H2,20,22,26). The number of carbonyl (C=O) groups excluding carboxylic acids is 2. The number of furan rings is 2. The zero-order valence-corrected chi connectivity index (χ0v) is 19.6. The van der Waals surface area contributed by atoms with E-state index in [0.29, 0.717) is 25.7 Å². The summed E-state index contributed by atoms with van der Waals surface area (Å²) in [6.45, 7) is -0.546. The molecular formula is C18H26N4O10S2. The number of carbonyl (C=O) groups is 2. The maximum atomic E-state index is 12.0. The van der Waals surface area contributed by atoms with Gasteiger partial charge in [0.2, 0.25) is 10.2 Å². The molecule has 0 saturated heterocycles. The Hall–Kier alpha value is -3.08. The molecule has 0 aromatic carbocycles. The second-order valence-electron chi connectivity index (χ2n) is 6.89. The third-order valence-electron chi connectivity index (χ3n) is 4.24. The topological polar surface area (TPSA) is 217 Å². The number of unbranched alkanes of at least 4 members (excludes halogenated alkanes) is 3. The summed E-state index contributed by atoms with van der Waals surface area (Å²) >= 11 is 0. The molecule has 34 heavy (non-hydrogen) atoms. The monoisotopic (exact) mass is 522 g/mol. The molecule has 0 bridgehead atoms. The lowest BCUT2D eigenvalue weighted by Crippen LogP contribution is -2.39. The first kappa shape index (κ1) is 27.2. The lowest BCUT2D eigenvalue weighted by Gasteiger charge is -2.08. The number of amides is 4. The van der Waals surface area contributed by atoms with E-state index in [4.69, 9.17) is 19.0 Å². The molecule has 0 aliphatic carbocycles. The largest absolute Gasteiger partial charge is 0.445 e. The summed E-state index contributed by atoms with van der Waals surface area (Å²) in [6, 6.07) is 2.94.